The van der Waals surface area contributed by atoms with Gasteiger partial charge in [-0.1, -0.05) is 32.6 Å². The van der Waals surface area contributed by atoms with E-state index in [2.05, 4.69) is 15.3 Å². The molecule has 9 heteroatoms. The van der Waals surface area contributed by atoms with Gasteiger partial charge < -0.3 is 10.1 Å². The lowest BCUT2D eigenvalue weighted by molar-refractivity contribution is -0.138. The van der Waals surface area contributed by atoms with Crippen LogP contribution in [-0.4, -0.2) is 17.4 Å². The Morgan fingerprint density at radius 2 is 1.91 bits per heavy atom. The van der Waals surface area contributed by atoms with Gasteiger partial charge in [-0.05, 0) is 56.0 Å². The van der Waals surface area contributed by atoms with Gasteiger partial charge >= 0.3 is 6.18 Å². The summed E-state index contributed by atoms with van der Waals surface area (Å²) in [7, 11) is 0. The summed E-state index contributed by atoms with van der Waals surface area (Å²) in [4.78, 5) is 7.74. The Balaban J connectivity index is 1.76. The van der Waals surface area contributed by atoms with E-state index >= 15 is 0 Å². The molecule has 1 aromatic heterocycles. The van der Waals surface area contributed by atoms with Gasteiger partial charge in [0.15, 0.2) is 0 Å². The SMILES string of the molecule is CCC(=N/C(=C(\C)F)c1ccc(F)nc1)Nc1ccc(OCCCC2CCCC2)c(C(F)(F)F)c1. The van der Waals surface area contributed by atoms with Crippen molar-refractivity contribution in [2.75, 3.05) is 11.9 Å². The molecule has 1 heterocycles. The molecule has 1 aliphatic rings. The number of pyridine rings is 1. The van der Waals surface area contributed by atoms with E-state index in [0.717, 1.165) is 24.8 Å². The summed E-state index contributed by atoms with van der Waals surface area (Å²) in [5.41, 5.74) is -0.583. The molecule has 0 atom stereocenters. The number of nitrogens with one attached hydrogen (secondary N) is 1. The smallest absolute Gasteiger partial charge is 0.420 e. The molecule has 0 aliphatic heterocycles. The fourth-order valence-corrected chi connectivity index (χ4v) is 4.16. The molecule has 1 fully saturated rings. The number of aromatic nitrogens is 1. The zero-order valence-corrected chi connectivity index (χ0v) is 19.9. The molecule has 0 spiro atoms. The molecule has 1 aromatic carbocycles. The number of ether oxygens (including phenoxy) is 1. The van der Waals surface area contributed by atoms with Crippen LogP contribution in [0.1, 0.15) is 69.9 Å². The number of halogens is 5. The van der Waals surface area contributed by atoms with Crippen LogP contribution in [0.3, 0.4) is 0 Å². The normalized spacial score (nSPS) is 15.8. The number of nitrogens with zero attached hydrogens (tertiary/aromatic N) is 2. The van der Waals surface area contributed by atoms with Crippen LogP contribution < -0.4 is 10.1 Å². The van der Waals surface area contributed by atoms with Crippen LogP contribution in [0.25, 0.3) is 5.70 Å². The molecule has 1 saturated carbocycles. The first-order chi connectivity index (χ1) is 16.7. The quantitative estimate of drug-likeness (QED) is 0.125. The lowest BCUT2D eigenvalue weighted by atomic mass is 10.0. The number of hydrogen-bond donors (Lipinski definition) is 1. The van der Waals surface area contributed by atoms with E-state index in [1.165, 1.54) is 50.8 Å². The maximum Gasteiger partial charge on any atom is 0.420 e. The summed E-state index contributed by atoms with van der Waals surface area (Å²) in [5.74, 6) is -0.690. The number of rotatable bonds is 9. The molecule has 0 unspecified atom stereocenters. The maximum absolute atomic E-state index is 14.2. The van der Waals surface area contributed by atoms with Crippen molar-refractivity contribution in [2.24, 2.45) is 10.9 Å². The molecule has 3 rings (SSSR count). The highest BCUT2D eigenvalue weighted by Gasteiger charge is 2.35. The minimum Gasteiger partial charge on any atom is -0.493 e. The molecule has 0 saturated heterocycles. The van der Waals surface area contributed by atoms with Crippen LogP contribution in [-0.2, 0) is 6.18 Å². The van der Waals surface area contributed by atoms with Crippen molar-refractivity contribution >= 4 is 17.2 Å². The van der Waals surface area contributed by atoms with Crippen LogP contribution >= 0.6 is 0 Å². The van der Waals surface area contributed by atoms with E-state index in [1.807, 2.05) is 0 Å². The van der Waals surface area contributed by atoms with Gasteiger partial charge in [0.25, 0.3) is 0 Å². The number of benzene rings is 1. The molecule has 0 amide bonds. The molecule has 4 nitrogen and oxygen atoms in total. The average molecular weight is 496 g/mol. The summed E-state index contributed by atoms with van der Waals surface area (Å²) in [6.45, 7) is 3.15. The molecule has 190 valence electrons. The van der Waals surface area contributed by atoms with Crippen molar-refractivity contribution in [1.29, 1.82) is 0 Å². The predicted octanol–water partition coefficient (Wildman–Crippen LogP) is 8.17. The minimum atomic E-state index is -4.61. The van der Waals surface area contributed by atoms with E-state index in [1.54, 1.807) is 6.92 Å². The third-order valence-electron chi connectivity index (χ3n) is 5.97. The molecule has 1 aliphatic carbocycles. The summed E-state index contributed by atoms with van der Waals surface area (Å²) < 4.78 is 74.0. The van der Waals surface area contributed by atoms with Gasteiger partial charge in [-0.3, -0.25) is 0 Å². The fraction of sp³-hybridized carbons (Fsp3) is 0.462. The molecular formula is C26H30F5N3O. The summed E-state index contributed by atoms with van der Waals surface area (Å²) in [6, 6.07) is 6.13. The maximum atomic E-state index is 14.2. The van der Waals surface area contributed by atoms with E-state index in [0.29, 0.717) is 12.3 Å². The Hall–Kier alpha value is -2.97. The van der Waals surface area contributed by atoms with Crippen molar-refractivity contribution in [3.63, 3.8) is 0 Å². The zero-order chi connectivity index (χ0) is 25.4. The highest BCUT2D eigenvalue weighted by Crippen LogP contribution is 2.38. The Labute approximate surface area is 202 Å². The second-order valence-electron chi connectivity index (χ2n) is 8.64. The standard InChI is InChI=1S/C26H30F5N3O/c1-3-24(34-25(17(2)27)19-10-13-23(28)32-16-19)33-20-11-12-22(21(15-20)26(29,30)31)35-14-6-9-18-7-4-5-8-18/h10-13,15-16,18H,3-9,14H2,1-2H3,(H,33,34)/b25-17+. The first-order valence-electron chi connectivity index (χ1n) is 11.8. The summed E-state index contributed by atoms with van der Waals surface area (Å²) in [6.07, 6.45) is 3.32. The lowest BCUT2D eigenvalue weighted by Gasteiger charge is -2.17. The number of aliphatic imine (C=N–C) groups is 1. The molecule has 2 aromatic rings. The van der Waals surface area contributed by atoms with Gasteiger partial charge in [0.05, 0.1) is 12.2 Å². The van der Waals surface area contributed by atoms with Gasteiger partial charge in [0.2, 0.25) is 5.95 Å². The number of alkyl halides is 3. The molecule has 0 radical (unpaired) electrons. The second kappa shape index (κ2) is 12.1. The Morgan fingerprint density at radius 1 is 1.17 bits per heavy atom. The minimum absolute atomic E-state index is 0.0832. The number of amidine groups is 1. The van der Waals surface area contributed by atoms with Crippen molar-refractivity contribution in [3.05, 3.63) is 59.4 Å². The van der Waals surface area contributed by atoms with Crippen LogP contribution in [0, 0.1) is 11.9 Å². The number of allylic oxidation sites excluding steroid dienone is 1. The van der Waals surface area contributed by atoms with Gasteiger partial charge in [0, 0.05) is 23.9 Å². The Kier molecular flexibility index (Phi) is 9.23. The Bertz CT molecular complexity index is 1040. The molecular weight excluding hydrogens is 465 g/mol. The van der Waals surface area contributed by atoms with Gasteiger partial charge in [-0.15, -0.1) is 0 Å². The molecule has 35 heavy (non-hydrogen) atoms. The lowest BCUT2D eigenvalue weighted by Crippen LogP contribution is -2.14. The second-order valence-corrected chi connectivity index (χ2v) is 8.64. The summed E-state index contributed by atoms with van der Waals surface area (Å²) in [5, 5.41) is 2.84. The van der Waals surface area contributed by atoms with Crippen molar-refractivity contribution in [2.45, 2.75) is 65.0 Å². The van der Waals surface area contributed by atoms with Crippen molar-refractivity contribution in [1.82, 2.24) is 4.98 Å². The largest absolute Gasteiger partial charge is 0.493 e. The number of anilines is 1. The van der Waals surface area contributed by atoms with Crippen LogP contribution in [0.15, 0.2) is 47.3 Å². The van der Waals surface area contributed by atoms with Crippen LogP contribution in [0.5, 0.6) is 5.75 Å². The number of hydrogen-bond acceptors (Lipinski definition) is 3. The van der Waals surface area contributed by atoms with Gasteiger partial charge in [-0.25, -0.2) is 14.4 Å². The third-order valence-corrected chi connectivity index (χ3v) is 5.97. The predicted molar refractivity (Wildman–Crippen MR) is 127 cm³/mol. The fourth-order valence-electron chi connectivity index (χ4n) is 4.16. The molecule has 0 bridgehead atoms. The molecule has 1 N–H and O–H groups in total. The zero-order valence-electron chi connectivity index (χ0n) is 19.9. The summed E-state index contributed by atoms with van der Waals surface area (Å²) >= 11 is 0. The van der Waals surface area contributed by atoms with Crippen LogP contribution in [0.4, 0.5) is 27.6 Å². The third kappa shape index (κ3) is 7.77. The van der Waals surface area contributed by atoms with Gasteiger partial charge in [-0.2, -0.15) is 17.6 Å². The average Bonchev–Trinajstić information content (AvgIpc) is 3.33. The van der Waals surface area contributed by atoms with Crippen molar-refractivity contribution < 1.29 is 26.7 Å². The van der Waals surface area contributed by atoms with Crippen molar-refractivity contribution in [3.8, 4) is 5.75 Å². The van der Waals surface area contributed by atoms with E-state index < -0.39 is 23.5 Å². The first-order valence-corrected chi connectivity index (χ1v) is 11.8. The van der Waals surface area contributed by atoms with E-state index in [-0.39, 0.29) is 41.6 Å². The van der Waals surface area contributed by atoms with E-state index in [4.69, 9.17) is 4.74 Å². The topological polar surface area (TPSA) is 46.5 Å². The highest BCUT2D eigenvalue weighted by molar-refractivity contribution is 5.98. The van der Waals surface area contributed by atoms with E-state index in [9.17, 15) is 22.0 Å². The monoisotopic (exact) mass is 495 g/mol. The Morgan fingerprint density at radius 3 is 2.51 bits per heavy atom. The van der Waals surface area contributed by atoms with Gasteiger partial charge in [0.1, 0.15) is 23.1 Å². The van der Waals surface area contributed by atoms with Crippen LogP contribution in [0.2, 0.25) is 0 Å². The first kappa shape index (κ1) is 26.6. The highest BCUT2D eigenvalue weighted by atomic mass is 19.4.